The van der Waals surface area contributed by atoms with Gasteiger partial charge in [-0.05, 0) is 36.5 Å². The van der Waals surface area contributed by atoms with E-state index in [1.165, 1.54) is 0 Å². The van der Waals surface area contributed by atoms with Crippen LogP contribution in [0.1, 0.15) is 6.92 Å². The molecular formula is C17H22N2O2. The average molecular weight is 286 g/mol. The zero-order valence-corrected chi connectivity index (χ0v) is 12.6. The standard InChI is InChI=1S/C17H22N2O2/c1-3-19(2)11-10-18-17(20)13-21-16-9-8-14-6-4-5-7-15(14)12-16/h4-9,12H,3,10-11,13H2,1-2H3,(H,18,20). The molecule has 1 N–H and O–H groups in total. The topological polar surface area (TPSA) is 41.6 Å². The Morgan fingerprint density at radius 2 is 1.95 bits per heavy atom. The lowest BCUT2D eigenvalue weighted by molar-refractivity contribution is -0.123. The van der Waals surface area contributed by atoms with E-state index in [-0.39, 0.29) is 12.5 Å². The highest BCUT2D eigenvalue weighted by molar-refractivity contribution is 5.84. The molecule has 0 aromatic heterocycles. The molecule has 0 radical (unpaired) electrons. The van der Waals surface area contributed by atoms with Crippen LogP contribution in [0.5, 0.6) is 5.75 Å². The SMILES string of the molecule is CCN(C)CCNC(=O)COc1ccc2ccccc2c1. The molecule has 0 heterocycles. The van der Waals surface area contributed by atoms with Crippen LogP contribution < -0.4 is 10.1 Å². The fourth-order valence-corrected chi connectivity index (χ4v) is 2.00. The molecule has 0 saturated carbocycles. The van der Waals surface area contributed by atoms with Crippen molar-refractivity contribution in [1.29, 1.82) is 0 Å². The van der Waals surface area contributed by atoms with Gasteiger partial charge in [-0.2, -0.15) is 0 Å². The molecule has 0 spiro atoms. The number of nitrogens with one attached hydrogen (secondary N) is 1. The van der Waals surface area contributed by atoms with Crippen LogP contribution in [-0.2, 0) is 4.79 Å². The summed E-state index contributed by atoms with van der Waals surface area (Å²) in [7, 11) is 2.03. The number of fused-ring (bicyclic) bond motifs is 1. The van der Waals surface area contributed by atoms with Crippen LogP contribution in [0.15, 0.2) is 42.5 Å². The lowest BCUT2D eigenvalue weighted by Crippen LogP contribution is -2.35. The van der Waals surface area contributed by atoms with E-state index in [9.17, 15) is 4.79 Å². The fraction of sp³-hybridized carbons (Fsp3) is 0.353. The second kappa shape index (κ2) is 7.64. The van der Waals surface area contributed by atoms with E-state index in [2.05, 4.69) is 23.2 Å². The molecule has 4 heteroatoms. The molecule has 0 aliphatic carbocycles. The summed E-state index contributed by atoms with van der Waals surface area (Å²) >= 11 is 0. The normalized spacial score (nSPS) is 10.8. The maximum absolute atomic E-state index is 11.7. The quantitative estimate of drug-likeness (QED) is 0.849. The summed E-state index contributed by atoms with van der Waals surface area (Å²) in [5.41, 5.74) is 0. The van der Waals surface area contributed by atoms with Crippen molar-refractivity contribution >= 4 is 16.7 Å². The van der Waals surface area contributed by atoms with Gasteiger partial charge in [0.15, 0.2) is 6.61 Å². The monoisotopic (exact) mass is 286 g/mol. The molecule has 0 aliphatic heterocycles. The van der Waals surface area contributed by atoms with Crippen molar-refractivity contribution in [3.8, 4) is 5.75 Å². The first kappa shape index (κ1) is 15.3. The smallest absolute Gasteiger partial charge is 0.257 e. The van der Waals surface area contributed by atoms with Gasteiger partial charge in [0.05, 0.1) is 0 Å². The summed E-state index contributed by atoms with van der Waals surface area (Å²) in [4.78, 5) is 13.8. The van der Waals surface area contributed by atoms with Gasteiger partial charge in [0.1, 0.15) is 5.75 Å². The largest absolute Gasteiger partial charge is 0.484 e. The lowest BCUT2D eigenvalue weighted by atomic mass is 10.1. The number of hydrogen-bond donors (Lipinski definition) is 1. The Balaban J connectivity index is 1.80. The molecule has 0 saturated heterocycles. The van der Waals surface area contributed by atoms with Crippen molar-refractivity contribution in [2.45, 2.75) is 6.92 Å². The molecule has 21 heavy (non-hydrogen) atoms. The minimum absolute atomic E-state index is 0.0498. The van der Waals surface area contributed by atoms with Crippen LogP contribution in [-0.4, -0.2) is 44.1 Å². The van der Waals surface area contributed by atoms with Crippen molar-refractivity contribution in [3.05, 3.63) is 42.5 Å². The third-order valence-electron chi connectivity index (χ3n) is 3.45. The van der Waals surface area contributed by atoms with E-state index >= 15 is 0 Å². The Morgan fingerprint density at radius 1 is 1.19 bits per heavy atom. The predicted molar refractivity (Wildman–Crippen MR) is 85.6 cm³/mol. The van der Waals surface area contributed by atoms with Crippen molar-refractivity contribution in [2.75, 3.05) is 33.3 Å². The minimum atomic E-state index is -0.0901. The van der Waals surface area contributed by atoms with Crippen LogP contribution >= 0.6 is 0 Å². The fourth-order valence-electron chi connectivity index (χ4n) is 2.00. The number of rotatable bonds is 7. The Bertz CT molecular complexity index is 598. The Labute approximate surface area is 125 Å². The average Bonchev–Trinajstić information content (AvgIpc) is 2.52. The van der Waals surface area contributed by atoms with Gasteiger partial charge in [-0.25, -0.2) is 0 Å². The Morgan fingerprint density at radius 3 is 2.71 bits per heavy atom. The van der Waals surface area contributed by atoms with Crippen molar-refractivity contribution in [1.82, 2.24) is 10.2 Å². The lowest BCUT2D eigenvalue weighted by Gasteiger charge is -2.14. The second-order valence-corrected chi connectivity index (χ2v) is 5.04. The summed E-state index contributed by atoms with van der Waals surface area (Å²) in [5, 5.41) is 5.12. The highest BCUT2D eigenvalue weighted by Gasteiger charge is 2.03. The van der Waals surface area contributed by atoms with Gasteiger partial charge in [-0.15, -0.1) is 0 Å². The molecule has 2 aromatic rings. The third-order valence-corrected chi connectivity index (χ3v) is 3.45. The number of benzene rings is 2. The molecule has 0 unspecified atom stereocenters. The number of ether oxygens (including phenoxy) is 1. The summed E-state index contributed by atoms with van der Waals surface area (Å²) in [6.45, 7) is 4.60. The maximum Gasteiger partial charge on any atom is 0.257 e. The number of hydrogen-bond acceptors (Lipinski definition) is 3. The third kappa shape index (κ3) is 4.76. The van der Waals surface area contributed by atoms with E-state index in [0.29, 0.717) is 6.54 Å². The van der Waals surface area contributed by atoms with Gasteiger partial charge < -0.3 is 15.0 Å². The Kier molecular flexibility index (Phi) is 5.58. The van der Waals surface area contributed by atoms with Gasteiger partial charge >= 0.3 is 0 Å². The number of likely N-dealkylation sites (N-methyl/N-ethyl adjacent to an activating group) is 1. The van der Waals surface area contributed by atoms with Crippen molar-refractivity contribution < 1.29 is 9.53 Å². The van der Waals surface area contributed by atoms with Crippen molar-refractivity contribution in [2.24, 2.45) is 0 Å². The van der Waals surface area contributed by atoms with E-state index in [4.69, 9.17) is 4.74 Å². The zero-order chi connectivity index (χ0) is 15.1. The molecule has 1 amide bonds. The van der Waals surface area contributed by atoms with Gasteiger partial charge in [0, 0.05) is 13.1 Å². The predicted octanol–water partition coefficient (Wildman–Crippen LogP) is 2.29. The molecule has 0 bridgehead atoms. The molecule has 4 nitrogen and oxygen atoms in total. The molecule has 2 rings (SSSR count). The van der Waals surface area contributed by atoms with Crippen LogP contribution in [0.3, 0.4) is 0 Å². The van der Waals surface area contributed by atoms with Gasteiger partial charge in [0.25, 0.3) is 5.91 Å². The minimum Gasteiger partial charge on any atom is -0.484 e. The molecule has 2 aromatic carbocycles. The van der Waals surface area contributed by atoms with Crippen LogP contribution in [0.4, 0.5) is 0 Å². The van der Waals surface area contributed by atoms with Crippen LogP contribution in [0.25, 0.3) is 10.8 Å². The summed E-state index contributed by atoms with van der Waals surface area (Å²) in [5.74, 6) is 0.627. The van der Waals surface area contributed by atoms with Crippen molar-refractivity contribution in [3.63, 3.8) is 0 Å². The zero-order valence-electron chi connectivity index (χ0n) is 12.6. The number of carbonyl (C=O) groups excluding carboxylic acids is 1. The van der Waals surface area contributed by atoms with Crippen LogP contribution in [0.2, 0.25) is 0 Å². The highest BCUT2D eigenvalue weighted by atomic mass is 16.5. The molecule has 112 valence electrons. The number of nitrogens with zero attached hydrogens (tertiary/aromatic N) is 1. The second-order valence-electron chi connectivity index (χ2n) is 5.04. The van der Waals surface area contributed by atoms with Gasteiger partial charge in [-0.1, -0.05) is 37.3 Å². The van der Waals surface area contributed by atoms with Gasteiger partial charge in [-0.3, -0.25) is 4.79 Å². The van der Waals surface area contributed by atoms with E-state index < -0.39 is 0 Å². The number of amides is 1. The summed E-state index contributed by atoms with van der Waals surface area (Å²) in [6, 6.07) is 13.9. The first-order chi connectivity index (χ1) is 10.2. The van der Waals surface area contributed by atoms with E-state index in [0.717, 1.165) is 29.6 Å². The first-order valence-corrected chi connectivity index (χ1v) is 7.26. The summed E-state index contributed by atoms with van der Waals surface area (Å²) in [6.07, 6.45) is 0. The first-order valence-electron chi connectivity index (χ1n) is 7.26. The molecule has 0 aliphatic rings. The van der Waals surface area contributed by atoms with E-state index in [1.54, 1.807) is 0 Å². The maximum atomic E-state index is 11.7. The highest BCUT2D eigenvalue weighted by Crippen LogP contribution is 2.20. The van der Waals surface area contributed by atoms with Crippen LogP contribution in [0, 0.1) is 0 Å². The molecular weight excluding hydrogens is 264 g/mol. The molecule has 0 atom stereocenters. The molecule has 0 fully saturated rings. The number of carbonyl (C=O) groups is 1. The van der Waals surface area contributed by atoms with Gasteiger partial charge in [0.2, 0.25) is 0 Å². The Hall–Kier alpha value is -2.07. The summed E-state index contributed by atoms with van der Waals surface area (Å²) < 4.78 is 5.53. The van der Waals surface area contributed by atoms with E-state index in [1.807, 2.05) is 43.4 Å².